The Morgan fingerprint density at radius 3 is 2.77 bits per heavy atom. The summed E-state index contributed by atoms with van der Waals surface area (Å²) >= 11 is 5.79. The highest BCUT2D eigenvalue weighted by molar-refractivity contribution is 6.30. The van der Waals surface area contributed by atoms with Crippen LogP contribution >= 0.6 is 11.6 Å². The number of nitrogens with one attached hydrogen (secondary N) is 2. The van der Waals surface area contributed by atoms with Crippen molar-refractivity contribution in [1.29, 1.82) is 5.26 Å². The Hall–Kier alpha value is -3.37. The molecule has 26 heavy (non-hydrogen) atoms. The third-order valence-electron chi connectivity index (χ3n) is 3.02. The molecule has 0 aliphatic carbocycles. The zero-order valence-corrected chi connectivity index (χ0v) is 14.7. The van der Waals surface area contributed by atoms with Gasteiger partial charge in [-0.1, -0.05) is 17.7 Å². The summed E-state index contributed by atoms with van der Waals surface area (Å²) in [7, 11) is 0. The van der Waals surface area contributed by atoms with Crippen LogP contribution in [0.2, 0.25) is 5.02 Å². The van der Waals surface area contributed by atoms with Gasteiger partial charge >= 0.3 is 5.97 Å². The second kappa shape index (κ2) is 9.81. The third-order valence-corrected chi connectivity index (χ3v) is 3.24. The van der Waals surface area contributed by atoms with E-state index in [2.05, 4.69) is 20.6 Å². The van der Waals surface area contributed by atoms with Gasteiger partial charge in [0.05, 0.1) is 22.9 Å². The molecular weight excluding hydrogens is 354 g/mol. The van der Waals surface area contributed by atoms with Crippen LogP contribution in [0, 0.1) is 11.3 Å². The van der Waals surface area contributed by atoms with E-state index in [1.165, 1.54) is 18.6 Å². The van der Waals surface area contributed by atoms with Crippen molar-refractivity contribution in [3.05, 3.63) is 71.5 Å². The lowest BCUT2D eigenvalue weighted by Crippen LogP contribution is -2.20. The minimum absolute atomic E-state index is 0.104. The van der Waals surface area contributed by atoms with E-state index in [1.807, 2.05) is 6.07 Å². The molecule has 0 aliphatic rings. The van der Waals surface area contributed by atoms with Crippen LogP contribution in [-0.4, -0.2) is 22.5 Å². The minimum atomic E-state index is -0.580. The second-order valence-corrected chi connectivity index (χ2v) is 5.25. The summed E-state index contributed by atoms with van der Waals surface area (Å²) in [6.07, 6.45) is 5.85. The van der Waals surface area contributed by atoms with Crippen LogP contribution in [0.5, 0.6) is 0 Å². The van der Waals surface area contributed by atoms with Crippen LogP contribution in [-0.2, 0) is 9.53 Å². The SMILES string of the molecule is CCOC(=O)/C(=C\Nc1ccc(Cl)cn1)N/C=C(/C#N)c1ccccn1. The molecule has 0 bridgehead atoms. The maximum atomic E-state index is 12.1. The summed E-state index contributed by atoms with van der Waals surface area (Å²) < 4.78 is 5.00. The maximum absolute atomic E-state index is 12.1. The predicted octanol–water partition coefficient (Wildman–Crippen LogP) is 3.10. The standard InChI is InChI=1S/C18H16ClN5O2/c1-2-26-18(25)16(12-24-17-7-6-14(19)11-23-17)22-10-13(9-20)15-5-3-4-8-21-15/h3-8,10-12,22H,2H2,1H3,(H,23,24)/b13-10-,16-12+. The Morgan fingerprint density at radius 2 is 2.15 bits per heavy atom. The Bertz CT molecular complexity index is 842. The number of hydrogen-bond donors (Lipinski definition) is 2. The smallest absolute Gasteiger partial charge is 0.356 e. The largest absolute Gasteiger partial charge is 0.461 e. The first-order valence-electron chi connectivity index (χ1n) is 7.67. The summed E-state index contributed by atoms with van der Waals surface area (Å²) in [5.74, 6) is -0.0873. The number of hydrogen-bond acceptors (Lipinski definition) is 7. The molecule has 2 aromatic heterocycles. The lowest BCUT2D eigenvalue weighted by atomic mass is 10.2. The summed E-state index contributed by atoms with van der Waals surface area (Å²) in [6.45, 7) is 1.92. The number of halogens is 1. The van der Waals surface area contributed by atoms with Gasteiger partial charge in [-0.2, -0.15) is 5.26 Å². The monoisotopic (exact) mass is 369 g/mol. The molecule has 0 spiro atoms. The van der Waals surface area contributed by atoms with Gasteiger partial charge in [0.1, 0.15) is 17.6 Å². The predicted molar refractivity (Wildman–Crippen MR) is 98.5 cm³/mol. The molecule has 2 N–H and O–H groups in total. The van der Waals surface area contributed by atoms with Crippen LogP contribution in [0.1, 0.15) is 12.6 Å². The first kappa shape index (κ1) is 19.0. The molecule has 0 saturated heterocycles. The fourth-order valence-electron chi connectivity index (χ4n) is 1.81. The number of carbonyl (C=O) groups excluding carboxylic acids is 1. The number of aromatic nitrogens is 2. The van der Waals surface area contributed by atoms with Gasteiger partial charge in [-0.3, -0.25) is 4.98 Å². The Labute approximate surface area is 156 Å². The number of rotatable bonds is 7. The molecule has 0 atom stereocenters. The molecule has 2 rings (SSSR count). The maximum Gasteiger partial charge on any atom is 0.356 e. The van der Waals surface area contributed by atoms with E-state index >= 15 is 0 Å². The molecule has 8 heteroatoms. The van der Waals surface area contributed by atoms with Crippen molar-refractivity contribution < 1.29 is 9.53 Å². The van der Waals surface area contributed by atoms with Crippen molar-refractivity contribution in [2.45, 2.75) is 6.92 Å². The highest BCUT2D eigenvalue weighted by Crippen LogP contribution is 2.11. The van der Waals surface area contributed by atoms with Gasteiger partial charge in [-0.05, 0) is 31.2 Å². The summed E-state index contributed by atoms with van der Waals surface area (Å²) in [6, 6.07) is 10.6. The zero-order chi connectivity index (χ0) is 18.8. The number of nitriles is 1. The van der Waals surface area contributed by atoms with Crippen LogP contribution < -0.4 is 10.6 Å². The van der Waals surface area contributed by atoms with E-state index in [-0.39, 0.29) is 17.9 Å². The van der Waals surface area contributed by atoms with Crippen molar-refractivity contribution in [3.63, 3.8) is 0 Å². The summed E-state index contributed by atoms with van der Waals surface area (Å²) in [5, 5.41) is 15.4. The molecule has 0 amide bonds. The van der Waals surface area contributed by atoms with Crippen LogP contribution in [0.4, 0.5) is 5.82 Å². The van der Waals surface area contributed by atoms with Gasteiger partial charge in [-0.25, -0.2) is 9.78 Å². The fraction of sp³-hybridized carbons (Fsp3) is 0.111. The molecule has 0 fully saturated rings. The summed E-state index contributed by atoms with van der Waals surface area (Å²) in [4.78, 5) is 20.3. The van der Waals surface area contributed by atoms with E-state index in [0.717, 1.165) is 0 Å². The molecule has 7 nitrogen and oxygen atoms in total. The van der Waals surface area contributed by atoms with E-state index in [0.29, 0.717) is 16.5 Å². The van der Waals surface area contributed by atoms with Crippen LogP contribution in [0.25, 0.3) is 5.57 Å². The van der Waals surface area contributed by atoms with Gasteiger partial charge in [0, 0.05) is 24.8 Å². The Balaban J connectivity index is 2.20. The van der Waals surface area contributed by atoms with Gasteiger partial charge < -0.3 is 15.4 Å². The number of ether oxygens (including phenoxy) is 1. The third kappa shape index (κ3) is 5.61. The van der Waals surface area contributed by atoms with Crippen molar-refractivity contribution >= 4 is 29.0 Å². The molecule has 132 valence electrons. The number of anilines is 1. The number of nitrogens with zero attached hydrogens (tertiary/aromatic N) is 3. The molecular formula is C18H16ClN5O2. The molecule has 0 unspecified atom stereocenters. The number of allylic oxidation sites excluding steroid dienone is 1. The first-order chi connectivity index (χ1) is 12.6. The van der Waals surface area contributed by atoms with E-state index in [9.17, 15) is 10.1 Å². The average molecular weight is 370 g/mol. The lowest BCUT2D eigenvalue weighted by Gasteiger charge is -2.08. The molecule has 2 heterocycles. The molecule has 0 aliphatic heterocycles. The number of pyridine rings is 2. The zero-order valence-electron chi connectivity index (χ0n) is 13.9. The molecule has 0 radical (unpaired) electrons. The van der Waals surface area contributed by atoms with E-state index < -0.39 is 5.97 Å². The Kier molecular flexibility index (Phi) is 7.16. The van der Waals surface area contributed by atoms with Gasteiger partial charge in [0.15, 0.2) is 0 Å². The van der Waals surface area contributed by atoms with Crippen molar-refractivity contribution in [3.8, 4) is 6.07 Å². The lowest BCUT2D eigenvalue weighted by molar-refractivity contribution is -0.138. The first-order valence-corrected chi connectivity index (χ1v) is 8.05. The number of esters is 1. The van der Waals surface area contributed by atoms with Crippen LogP contribution in [0.3, 0.4) is 0 Å². The minimum Gasteiger partial charge on any atom is -0.461 e. The fourth-order valence-corrected chi connectivity index (χ4v) is 1.92. The second-order valence-electron chi connectivity index (χ2n) is 4.81. The average Bonchev–Trinajstić information content (AvgIpc) is 2.67. The topological polar surface area (TPSA) is 99.9 Å². The van der Waals surface area contributed by atoms with E-state index in [4.69, 9.17) is 16.3 Å². The van der Waals surface area contributed by atoms with Crippen LogP contribution in [0.15, 0.2) is 60.8 Å². The highest BCUT2D eigenvalue weighted by atomic mass is 35.5. The molecule has 0 saturated carbocycles. The van der Waals surface area contributed by atoms with Gasteiger partial charge in [0.2, 0.25) is 0 Å². The van der Waals surface area contributed by atoms with Gasteiger partial charge in [-0.15, -0.1) is 0 Å². The van der Waals surface area contributed by atoms with Crippen molar-refractivity contribution in [2.24, 2.45) is 0 Å². The highest BCUT2D eigenvalue weighted by Gasteiger charge is 2.10. The normalized spacial score (nSPS) is 11.4. The quantitative estimate of drug-likeness (QED) is 0.439. The summed E-state index contributed by atoms with van der Waals surface area (Å²) in [5.41, 5.74) is 0.857. The van der Waals surface area contributed by atoms with Gasteiger partial charge in [0.25, 0.3) is 0 Å². The number of carbonyl (C=O) groups is 1. The van der Waals surface area contributed by atoms with E-state index in [1.54, 1.807) is 43.5 Å². The Morgan fingerprint density at radius 1 is 1.31 bits per heavy atom. The molecule has 2 aromatic rings. The van der Waals surface area contributed by atoms with Crippen molar-refractivity contribution in [1.82, 2.24) is 15.3 Å². The van der Waals surface area contributed by atoms with Crippen molar-refractivity contribution in [2.75, 3.05) is 11.9 Å². The molecule has 0 aromatic carbocycles.